The number of unbranched alkanes of at least 4 members (excludes halogenated alkanes) is 52. The standard InChI is InChI=1S/C84H164O17P2/c1-7-10-12-14-16-18-20-22-27-32-36-43-49-55-61-67-82(87)95-72-79(100-83(88)68-62-56-50-44-37-33-29-26-24-23-25-28-31-34-40-46-52-58-64-76(4)5)74-98-102(90,91)96-70-78(85)71-97-103(92,93)99-75-80(73-94-81(86)66-60-54-48-42-35-30-21-19-17-15-13-11-8-2)101-84(89)69-63-57-51-45-39-38-41-47-53-59-65-77(6)9-3/h76-80,85H,7-75H2,1-6H3,(H,90,91)(H,92,93)/t77?,78-,79-,80-/m1/s1. The Balaban J connectivity index is 5.25. The zero-order valence-corrected chi connectivity index (χ0v) is 69.4. The van der Waals surface area contributed by atoms with E-state index in [4.69, 9.17) is 37.0 Å². The predicted molar refractivity (Wildman–Crippen MR) is 423 cm³/mol. The van der Waals surface area contributed by atoms with Crippen molar-refractivity contribution in [2.75, 3.05) is 39.6 Å². The molecular formula is C84H164O17P2. The van der Waals surface area contributed by atoms with Crippen LogP contribution >= 0.6 is 15.6 Å². The maximum atomic E-state index is 13.1. The van der Waals surface area contributed by atoms with Crippen molar-refractivity contribution < 1.29 is 80.2 Å². The van der Waals surface area contributed by atoms with Crippen LogP contribution in [0.25, 0.3) is 0 Å². The topological polar surface area (TPSA) is 237 Å². The molecule has 0 radical (unpaired) electrons. The van der Waals surface area contributed by atoms with Crippen LogP contribution in [0.4, 0.5) is 0 Å². The Morgan fingerprint density at radius 1 is 0.282 bits per heavy atom. The highest BCUT2D eigenvalue weighted by Gasteiger charge is 2.30. The highest BCUT2D eigenvalue weighted by atomic mass is 31.2. The van der Waals surface area contributed by atoms with E-state index in [9.17, 15) is 43.2 Å². The first-order valence-electron chi connectivity index (χ1n) is 43.5. The molecule has 0 aromatic rings. The fourth-order valence-corrected chi connectivity index (χ4v) is 14.6. The third-order valence-corrected chi connectivity index (χ3v) is 22.0. The summed E-state index contributed by atoms with van der Waals surface area (Å²) in [5.41, 5.74) is 0. The minimum absolute atomic E-state index is 0.107. The Hall–Kier alpha value is -1.94. The van der Waals surface area contributed by atoms with E-state index >= 15 is 0 Å². The number of esters is 4. The molecule has 17 nitrogen and oxygen atoms in total. The van der Waals surface area contributed by atoms with E-state index in [0.717, 1.165) is 102 Å². The summed E-state index contributed by atoms with van der Waals surface area (Å²) < 4.78 is 68.9. The minimum Gasteiger partial charge on any atom is -0.462 e. The summed E-state index contributed by atoms with van der Waals surface area (Å²) >= 11 is 0. The van der Waals surface area contributed by atoms with Gasteiger partial charge in [0.1, 0.15) is 19.3 Å². The van der Waals surface area contributed by atoms with Crippen LogP contribution in [0.2, 0.25) is 0 Å². The van der Waals surface area contributed by atoms with E-state index in [2.05, 4.69) is 41.5 Å². The smallest absolute Gasteiger partial charge is 0.462 e. The van der Waals surface area contributed by atoms with Gasteiger partial charge in [0.05, 0.1) is 26.4 Å². The first-order valence-corrected chi connectivity index (χ1v) is 46.5. The quantitative estimate of drug-likeness (QED) is 0.0222. The Kier molecular flexibility index (Phi) is 74.1. The normalized spacial score (nSPS) is 14.1. The number of carbonyl (C=O) groups excluding carboxylic acids is 4. The van der Waals surface area contributed by atoms with Gasteiger partial charge in [0, 0.05) is 25.7 Å². The molecule has 103 heavy (non-hydrogen) atoms. The second kappa shape index (κ2) is 75.5. The predicted octanol–water partition coefficient (Wildman–Crippen LogP) is 25.5. The van der Waals surface area contributed by atoms with Crippen molar-refractivity contribution in [3.63, 3.8) is 0 Å². The Bertz CT molecular complexity index is 1980. The highest BCUT2D eigenvalue weighted by molar-refractivity contribution is 7.47. The van der Waals surface area contributed by atoms with Crippen LogP contribution in [0.3, 0.4) is 0 Å². The molecule has 0 fully saturated rings. The van der Waals surface area contributed by atoms with Gasteiger partial charge in [-0.15, -0.1) is 0 Å². The molecule has 0 rings (SSSR count). The van der Waals surface area contributed by atoms with Crippen molar-refractivity contribution in [2.45, 2.75) is 464 Å². The molecule has 6 atom stereocenters. The molecule has 0 aromatic carbocycles. The SMILES string of the molecule is CCCCCCCCCCCCCCCCCC(=O)OC[C@H](COP(=O)(O)OC[C@@H](O)COP(=O)(O)OC[C@@H](COC(=O)CCCCCCCCCCCCCCC)OC(=O)CCCCCCCCCCCCC(C)CC)OC(=O)CCCCCCCCCCCCCCCCCCCCC(C)C. The number of aliphatic hydroxyl groups excluding tert-OH is 1. The average molecular weight is 1510 g/mol. The largest absolute Gasteiger partial charge is 0.472 e. The molecule has 0 heterocycles. The molecule has 3 N–H and O–H groups in total. The number of phosphoric acid groups is 2. The lowest BCUT2D eigenvalue weighted by Crippen LogP contribution is -2.30. The van der Waals surface area contributed by atoms with E-state index in [-0.39, 0.29) is 25.7 Å². The van der Waals surface area contributed by atoms with Crippen LogP contribution < -0.4 is 0 Å². The third kappa shape index (κ3) is 76.6. The van der Waals surface area contributed by atoms with Crippen molar-refractivity contribution in [3.05, 3.63) is 0 Å². The Labute approximate surface area is 632 Å². The summed E-state index contributed by atoms with van der Waals surface area (Å²) in [7, 11) is -9.93. The first kappa shape index (κ1) is 101. The Morgan fingerprint density at radius 3 is 0.738 bits per heavy atom. The summed E-state index contributed by atoms with van der Waals surface area (Å²) in [5, 5.41) is 10.7. The first-order chi connectivity index (χ1) is 49.9. The molecule has 3 unspecified atom stereocenters. The number of rotatable bonds is 83. The van der Waals surface area contributed by atoms with Gasteiger partial charge < -0.3 is 33.8 Å². The maximum absolute atomic E-state index is 13.1. The van der Waals surface area contributed by atoms with E-state index in [1.165, 1.54) is 263 Å². The molecule has 0 bridgehead atoms. The summed E-state index contributed by atoms with van der Waals surface area (Å²) in [4.78, 5) is 73.2. The molecule has 0 saturated carbocycles. The maximum Gasteiger partial charge on any atom is 0.472 e. The van der Waals surface area contributed by atoms with Crippen LogP contribution in [0.5, 0.6) is 0 Å². The van der Waals surface area contributed by atoms with Gasteiger partial charge in [0.25, 0.3) is 0 Å². The molecule has 0 amide bonds. The second-order valence-electron chi connectivity index (χ2n) is 30.9. The fourth-order valence-electron chi connectivity index (χ4n) is 13.0. The number of phosphoric ester groups is 2. The fraction of sp³-hybridized carbons (Fsp3) is 0.952. The summed E-state index contributed by atoms with van der Waals surface area (Å²) in [6.45, 7) is 9.72. The van der Waals surface area contributed by atoms with Gasteiger partial charge in [0.15, 0.2) is 12.2 Å². The molecule has 19 heteroatoms. The summed E-state index contributed by atoms with van der Waals surface area (Å²) in [6, 6.07) is 0. The van der Waals surface area contributed by atoms with Crippen molar-refractivity contribution >= 4 is 39.5 Å². The molecule has 0 aliphatic heterocycles. The molecule has 0 aromatic heterocycles. The summed E-state index contributed by atoms with van der Waals surface area (Å²) in [6.07, 6.45) is 66.4. The minimum atomic E-state index is -4.96. The number of hydrogen-bond donors (Lipinski definition) is 3. The van der Waals surface area contributed by atoms with E-state index in [1.807, 2.05) is 0 Å². The zero-order chi connectivity index (χ0) is 75.6. The zero-order valence-electron chi connectivity index (χ0n) is 67.6. The second-order valence-corrected chi connectivity index (χ2v) is 33.8. The molecule has 612 valence electrons. The van der Waals surface area contributed by atoms with Crippen molar-refractivity contribution in [1.29, 1.82) is 0 Å². The summed E-state index contributed by atoms with van der Waals surface area (Å²) in [5.74, 6) is -0.479. The lowest BCUT2D eigenvalue weighted by molar-refractivity contribution is -0.161. The molecule has 0 aliphatic rings. The number of aliphatic hydroxyl groups is 1. The average Bonchev–Trinajstić information content (AvgIpc) is 0.919. The number of hydrogen-bond acceptors (Lipinski definition) is 15. The van der Waals surface area contributed by atoms with Crippen molar-refractivity contribution in [1.82, 2.24) is 0 Å². The van der Waals surface area contributed by atoms with Gasteiger partial charge in [-0.05, 0) is 37.5 Å². The van der Waals surface area contributed by atoms with E-state index in [0.29, 0.717) is 25.7 Å². The van der Waals surface area contributed by atoms with Gasteiger partial charge >= 0.3 is 39.5 Å². The number of ether oxygens (including phenoxy) is 4. The van der Waals surface area contributed by atoms with Gasteiger partial charge in [-0.1, -0.05) is 395 Å². The van der Waals surface area contributed by atoms with Crippen LogP contribution in [0.1, 0.15) is 446 Å². The Morgan fingerprint density at radius 2 is 0.495 bits per heavy atom. The van der Waals surface area contributed by atoms with Gasteiger partial charge in [0.2, 0.25) is 0 Å². The van der Waals surface area contributed by atoms with Gasteiger partial charge in [-0.3, -0.25) is 37.3 Å². The molecule has 0 saturated heterocycles. The molecule has 0 spiro atoms. The van der Waals surface area contributed by atoms with Crippen LogP contribution in [0, 0.1) is 11.8 Å². The van der Waals surface area contributed by atoms with E-state index in [1.54, 1.807) is 0 Å². The van der Waals surface area contributed by atoms with Crippen LogP contribution in [-0.4, -0.2) is 96.7 Å². The number of carbonyl (C=O) groups is 4. The van der Waals surface area contributed by atoms with Crippen molar-refractivity contribution in [3.8, 4) is 0 Å². The lowest BCUT2D eigenvalue weighted by atomic mass is 9.99. The van der Waals surface area contributed by atoms with Gasteiger partial charge in [-0.2, -0.15) is 0 Å². The highest BCUT2D eigenvalue weighted by Crippen LogP contribution is 2.45. The van der Waals surface area contributed by atoms with Crippen LogP contribution in [-0.2, 0) is 65.4 Å². The van der Waals surface area contributed by atoms with E-state index < -0.39 is 97.5 Å². The van der Waals surface area contributed by atoms with Crippen molar-refractivity contribution in [2.24, 2.45) is 11.8 Å². The molecule has 0 aliphatic carbocycles. The molecular weight excluding hydrogens is 1340 g/mol. The third-order valence-electron chi connectivity index (χ3n) is 20.1. The monoisotopic (exact) mass is 1510 g/mol. The van der Waals surface area contributed by atoms with Crippen LogP contribution in [0.15, 0.2) is 0 Å². The van der Waals surface area contributed by atoms with Gasteiger partial charge in [-0.25, -0.2) is 9.13 Å². The lowest BCUT2D eigenvalue weighted by Gasteiger charge is -2.21.